The van der Waals surface area contributed by atoms with E-state index in [1.165, 1.54) is 0 Å². The summed E-state index contributed by atoms with van der Waals surface area (Å²) in [5.41, 5.74) is 4.41. The predicted molar refractivity (Wildman–Crippen MR) is 126 cm³/mol. The van der Waals surface area contributed by atoms with Crippen molar-refractivity contribution in [2.75, 3.05) is 12.4 Å². The monoisotopic (exact) mass is 458 g/mol. The molecule has 1 amide bonds. The quantitative estimate of drug-likeness (QED) is 0.408. The second-order valence-electron chi connectivity index (χ2n) is 7.37. The highest BCUT2D eigenvalue weighted by atomic mass is 35.5. The molecule has 0 aliphatic rings. The molecule has 3 aromatic heterocycles. The molecular formula is C24H19ClN6O2. The maximum absolute atomic E-state index is 12.9. The number of ether oxygens (including phenoxy) is 1. The Bertz CT molecular complexity index is 1490. The SMILES string of the molecule is COc1cc(NC(=O)c2nc3c(-c4ccccc4Cl)cccn3n2)ccc1-n1cnc(C)c1. The number of rotatable bonds is 5. The lowest BCUT2D eigenvalue weighted by atomic mass is 10.1. The summed E-state index contributed by atoms with van der Waals surface area (Å²) in [4.78, 5) is 21.6. The van der Waals surface area contributed by atoms with Crippen LogP contribution in [0.15, 0.2) is 73.3 Å². The zero-order chi connectivity index (χ0) is 22.9. The van der Waals surface area contributed by atoms with E-state index in [4.69, 9.17) is 16.3 Å². The number of carbonyl (C=O) groups excluding carboxylic acids is 1. The molecule has 5 aromatic rings. The van der Waals surface area contributed by atoms with Gasteiger partial charge in [-0.2, -0.15) is 0 Å². The van der Waals surface area contributed by atoms with Crippen molar-refractivity contribution < 1.29 is 9.53 Å². The number of nitrogens with zero attached hydrogens (tertiary/aromatic N) is 5. The van der Waals surface area contributed by atoms with Gasteiger partial charge in [-0.3, -0.25) is 4.79 Å². The minimum atomic E-state index is -0.433. The van der Waals surface area contributed by atoms with E-state index in [2.05, 4.69) is 20.4 Å². The van der Waals surface area contributed by atoms with Gasteiger partial charge in [0.1, 0.15) is 5.75 Å². The number of benzene rings is 2. The van der Waals surface area contributed by atoms with Gasteiger partial charge in [-0.05, 0) is 37.3 Å². The van der Waals surface area contributed by atoms with E-state index in [1.54, 1.807) is 36.3 Å². The number of pyridine rings is 1. The van der Waals surface area contributed by atoms with Crippen molar-refractivity contribution in [1.82, 2.24) is 24.1 Å². The molecule has 0 atom stereocenters. The fourth-order valence-electron chi connectivity index (χ4n) is 3.60. The average molecular weight is 459 g/mol. The molecule has 0 aliphatic heterocycles. The third kappa shape index (κ3) is 3.92. The Balaban J connectivity index is 1.45. The van der Waals surface area contributed by atoms with Gasteiger partial charge in [0.05, 0.1) is 24.8 Å². The number of methoxy groups -OCH3 is 1. The molecule has 8 nitrogen and oxygen atoms in total. The van der Waals surface area contributed by atoms with E-state index in [0.29, 0.717) is 22.1 Å². The highest BCUT2D eigenvalue weighted by Crippen LogP contribution is 2.30. The molecule has 0 saturated carbocycles. The van der Waals surface area contributed by atoms with E-state index < -0.39 is 5.91 Å². The zero-order valence-electron chi connectivity index (χ0n) is 17.9. The predicted octanol–water partition coefficient (Wildman–Crippen LogP) is 4.80. The van der Waals surface area contributed by atoms with E-state index in [1.807, 2.05) is 60.2 Å². The second-order valence-corrected chi connectivity index (χ2v) is 7.78. The lowest BCUT2D eigenvalue weighted by molar-refractivity contribution is 0.101. The molecule has 9 heteroatoms. The Morgan fingerprint density at radius 1 is 1.09 bits per heavy atom. The van der Waals surface area contributed by atoms with Crippen molar-refractivity contribution in [2.24, 2.45) is 0 Å². The second kappa shape index (κ2) is 8.40. The van der Waals surface area contributed by atoms with Crippen molar-refractivity contribution in [3.05, 3.63) is 89.9 Å². The largest absolute Gasteiger partial charge is 0.494 e. The molecular weight excluding hydrogens is 440 g/mol. The molecule has 0 radical (unpaired) electrons. The minimum absolute atomic E-state index is 0.0442. The van der Waals surface area contributed by atoms with Crippen LogP contribution in [0.1, 0.15) is 16.3 Å². The van der Waals surface area contributed by atoms with Crippen molar-refractivity contribution in [1.29, 1.82) is 0 Å². The fraction of sp³-hybridized carbons (Fsp3) is 0.0833. The maximum atomic E-state index is 12.9. The Kier molecular flexibility index (Phi) is 5.27. The summed E-state index contributed by atoms with van der Waals surface area (Å²) in [6, 6.07) is 16.6. The van der Waals surface area contributed by atoms with E-state index in [0.717, 1.165) is 22.5 Å². The smallest absolute Gasteiger partial charge is 0.295 e. The van der Waals surface area contributed by atoms with Crippen LogP contribution in [0.3, 0.4) is 0 Å². The number of aryl methyl sites for hydroxylation is 1. The van der Waals surface area contributed by atoms with Crippen LogP contribution in [0.2, 0.25) is 5.02 Å². The average Bonchev–Trinajstić information content (AvgIpc) is 3.45. The number of hydrogen-bond donors (Lipinski definition) is 1. The van der Waals surface area contributed by atoms with Gasteiger partial charge in [0.15, 0.2) is 5.65 Å². The summed E-state index contributed by atoms with van der Waals surface area (Å²) in [6.45, 7) is 1.91. The van der Waals surface area contributed by atoms with E-state index in [-0.39, 0.29) is 5.82 Å². The number of halogens is 1. The van der Waals surface area contributed by atoms with Gasteiger partial charge in [0.25, 0.3) is 5.91 Å². The number of hydrogen-bond acceptors (Lipinski definition) is 5. The highest BCUT2D eigenvalue weighted by Gasteiger charge is 2.17. The lowest BCUT2D eigenvalue weighted by Gasteiger charge is -2.11. The Morgan fingerprint density at radius 2 is 1.91 bits per heavy atom. The number of amides is 1. The molecule has 0 aliphatic carbocycles. The van der Waals surface area contributed by atoms with Crippen LogP contribution in [-0.4, -0.2) is 37.2 Å². The molecule has 33 heavy (non-hydrogen) atoms. The molecule has 0 saturated heterocycles. The summed E-state index contributed by atoms with van der Waals surface area (Å²) in [6.07, 6.45) is 5.35. The van der Waals surface area contributed by atoms with Crippen LogP contribution >= 0.6 is 11.6 Å². The highest BCUT2D eigenvalue weighted by molar-refractivity contribution is 6.33. The summed E-state index contributed by atoms with van der Waals surface area (Å²) in [5, 5.41) is 7.78. The number of carbonyl (C=O) groups is 1. The maximum Gasteiger partial charge on any atom is 0.295 e. The topological polar surface area (TPSA) is 86.3 Å². The van der Waals surface area contributed by atoms with Crippen LogP contribution in [0.4, 0.5) is 5.69 Å². The molecule has 0 bridgehead atoms. The fourth-order valence-corrected chi connectivity index (χ4v) is 3.84. The van der Waals surface area contributed by atoms with E-state index >= 15 is 0 Å². The summed E-state index contributed by atoms with van der Waals surface area (Å²) in [7, 11) is 1.58. The standard InChI is InChI=1S/C24H19ClN6O2/c1-15-13-30(14-26-15)20-10-9-16(12-21(20)33-2)27-24(32)22-28-23-18(7-5-11-31(23)29-22)17-6-3-4-8-19(17)25/h3-14H,1-2H3,(H,27,32). The Hall–Kier alpha value is -4.17. The number of nitrogens with one attached hydrogen (secondary N) is 1. The minimum Gasteiger partial charge on any atom is -0.494 e. The van der Waals surface area contributed by atoms with Crippen LogP contribution in [0.25, 0.3) is 22.5 Å². The number of imidazole rings is 1. The van der Waals surface area contributed by atoms with Gasteiger partial charge in [-0.1, -0.05) is 29.8 Å². The van der Waals surface area contributed by atoms with Gasteiger partial charge in [0, 0.05) is 40.3 Å². The molecule has 0 fully saturated rings. The first-order valence-electron chi connectivity index (χ1n) is 10.1. The van der Waals surface area contributed by atoms with Crippen molar-refractivity contribution >= 4 is 28.8 Å². The molecule has 2 aromatic carbocycles. The van der Waals surface area contributed by atoms with Crippen LogP contribution in [0, 0.1) is 6.92 Å². The van der Waals surface area contributed by atoms with Crippen molar-refractivity contribution in [2.45, 2.75) is 6.92 Å². The number of fused-ring (bicyclic) bond motifs is 1. The first-order valence-corrected chi connectivity index (χ1v) is 10.5. The normalized spacial score (nSPS) is 11.0. The first-order chi connectivity index (χ1) is 16.0. The van der Waals surface area contributed by atoms with Gasteiger partial charge < -0.3 is 14.6 Å². The number of aromatic nitrogens is 5. The van der Waals surface area contributed by atoms with Gasteiger partial charge in [0.2, 0.25) is 5.82 Å². The molecule has 164 valence electrons. The van der Waals surface area contributed by atoms with E-state index in [9.17, 15) is 4.79 Å². The Morgan fingerprint density at radius 3 is 2.67 bits per heavy atom. The van der Waals surface area contributed by atoms with Gasteiger partial charge >= 0.3 is 0 Å². The Labute approximate surface area is 194 Å². The van der Waals surface area contributed by atoms with Crippen molar-refractivity contribution in [3.8, 4) is 22.6 Å². The summed E-state index contributed by atoms with van der Waals surface area (Å²) in [5.74, 6) is 0.203. The van der Waals surface area contributed by atoms with Crippen LogP contribution < -0.4 is 10.1 Å². The summed E-state index contributed by atoms with van der Waals surface area (Å²) < 4.78 is 8.94. The summed E-state index contributed by atoms with van der Waals surface area (Å²) >= 11 is 6.37. The van der Waals surface area contributed by atoms with Gasteiger partial charge in [-0.15, -0.1) is 5.10 Å². The lowest BCUT2D eigenvalue weighted by Crippen LogP contribution is -2.14. The third-order valence-electron chi connectivity index (χ3n) is 5.16. The van der Waals surface area contributed by atoms with Crippen LogP contribution in [-0.2, 0) is 0 Å². The molecule has 5 rings (SSSR count). The first kappa shape index (κ1) is 20.7. The van der Waals surface area contributed by atoms with Crippen molar-refractivity contribution in [3.63, 3.8) is 0 Å². The zero-order valence-corrected chi connectivity index (χ0v) is 18.6. The number of anilines is 1. The molecule has 3 heterocycles. The van der Waals surface area contributed by atoms with Gasteiger partial charge in [-0.25, -0.2) is 14.5 Å². The third-order valence-corrected chi connectivity index (χ3v) is 5.49. The molecule has 0 spiro atoms. The molecule has 0 unspecified atom stereocenters. The van der Waals surface area contributed by atoms with Crippen LogP contribution in [0.5, 0.6) is 5.75 Å². The molecule has 1 N–H and O–H groups in total.